The van der Waals surface area contributed by atoms with Gasteiger partial charge in [-0.2, -0.15) is 13.2 Å². The van der Waals surface area contributed by atoms with Crippen molar-refractivity contribution in [1.82, 2.24) is 9.97 Å². The van der Waals surface area contributed by atoms with E-state index in [1.165, 1.54) is 52.7 Å². The number of benzene rings is 2. The first-order chi connectivity index (χ1) is 15.5. The Morgan fingerprint density at radius 1 is 1.09 bits per heavy atom. The molecule has 0 saturated carbocycles. The van der Waals surface area contributed by atoms with E-state index in [0.29, 0.717) is 22.4 Å². The molecule has 0 aliphatic heterocycles. The number of halogens is 4. The molecule has 8 nitrogen and oxygen atoms in total. The summed E-state index contributed by atoms with van der Waals surface area (Å²) in [6.45, 7) is 0.259. The second-order valence-corrected chi connectivity index (χ2v) is 9.40. The Morgan fingerprint density at radius 2 is 1.79 bits per heavy atom. The van der Waals surface area contributed by atoms with Crippen molar-refractivity contribution in [2.75, 3.05) is 43.8 Å². The molecule has 1 aromatic heterocycles. The number of sulfone groups is 1. The Morgan fingerprint density at radius 3 is 2.38 bits per heavy atom. The highest BCUT2D eigenvalue weighted by Crippen LogP contribution is 2.38. The van der Waals surface area contributed by atoms with Gasteiger partial charge in [-0.05, 0) is 18.2 Å². The number of methoxy groups -OCH3 is 2. The normalized spacial score (nSPS) is 11.6. The number of aromatic nitrogens is 2. The average Bonchev–Trinajstić information content (AvgIpc) is 2.77. The van der Waals surface area contributed by atoms with Crippen LogP contribution in [-0.2, 0) is 9.84 Å². The van der Waals surface area contributed by atoms with Crippen molar-refractivity contribution in [1.29, 1.82) is 0 Å². The minimum Gasteiger partial charge on any atom is -0.497 e. The lowest BCUT2D eigenvalue weighted by Crippen LogP contribution is -2.31. The van der Waals surface area contributed by atoms with E-state index >= 15 is 0 Å². The number of anilines is 3. The molecule has 13 heteroatoms. The molecule has 0 aliphatic carbocycles. The molecule has 0 aliphatic rings. The third kappa shape index (κ3) is 5.92. The third-order valence-corrected chi connectivity index (χ3v) is 6.65. The van der Waals surface area contributed by atoms with Crippen molar-refractivity contribution < 1.29 is 31.1 Å². The Bertz CT molecular complexity index is 1270. The van der Waals surface area contributed by atoms with Gasteiger partial charge in [0.1, 0.15) is 30.2 Å². The van der Waals surface area contributed by atoms with Gasteiger partial charge in [0.05, 0.1) is 47.1 Å². The van der Waals surface area contributed by atoms with E-state index < -0.39 is 22.6 Å². The predicted octanol–water partition coefficient (Wildman–Crippen LogP) is 4.60. The number of nitrogens with zero attached hydrogens (tertiary/aromatic N) is 3. The SMILES string of the molecule is CCS(=O)(=O)c1ccc(N(C)CC(F)(F)F)c(Nc2ncnc3cc(OC)cc(OC)c23)c1.Cl. The van der Waals surface area contributed by atoms with Gasteiger partial charge < -0.3 is 19.7 Å². The first-order valence-electron chi connectivity index (χ1n) is 9.77. The second-order valence-electron chi connectivity index (χ2n) is 7.12. The fourth-order valence-electron chi connectivity index (χ4n) is 3.29. The molecule has 0 radical (unpaired) electrons. The van der Waals surface area contributed by atoms with E-state index in [-0.39, 0.29) is 40.2 Å². The van der Waals surface area contributed by atoms with Gasteiger partial charge in [0.2, 0.25) is 0 Å². The quantitative estimate of drug-likeness (QED) is 0.460. The van der Waals surface area contributed by atoms with E-state index in [0.717, 1.165) is 4.90 Å². The van der Waals surface area contributed by atoms with Crippen molar-refractivity contribution in [3.63, 3.8) is 0 Å². The Labute approximate surface area is 201 Å². The van der Waals surface area contributed by atoms with Crippen LogP contribution >= 0.6 is 12.4 Å². The lowest BCUT2D eigenvalue weighted by molar-refractivity contribution is -0.119. The van der Waals surface area contributed by atoms with Gasteiger partial charge in [-0.25, -0.2) is 18.4 Å². The number of fused-ring (bicyclic) bond motifs is 1. The van der Waals surface area contributed by atoms with E-state index in [2.05, 4.69) is 15.3 Å². The van der Waals surface area contributed by atoms with E-state index in [1.807, 2.05) is 0 Å². The summed E-state index contributed by atoms with van der Waals surface area (Å²) in [6.07, 6.45) is -3.18. The fourth-order valence-corrected chi connectivity index (χ4v) is 4.20. The maximum Gasteiger partial charge on any atom is 0.405 e. The molecule has 1 N–H and O–H groups in total. The molecular formula is C21H24ClF3N4O4S. The number of hydrogen-bond acceptors (Lipinski definition) is 8. The molecule has 3 aromatic rings. The van der Waals surface area contributed by atoms with Gasteiger partial charge in [0, 0.05) is 19.2 Å². The zero-order chi connectivity index (χ0) is 24.4. The van der Waals surface area contributed by atoms with Gasteiger partial charge >= 0.3 is 6.18 Å². The van der Waals surface area contributed by atoms with Crippen LogP contribution in [0, 0.1) is 0 Å². The number of rotatable bonds is 8. The molecule has 3 rings (SSSR count). The van der Waals surface area contributed by atoms with Gasteiger partial charge in [0.15, 0.2) is 9.84 Å². The van der Waals surface area contributed by atoms with E-state index in [4.69, 9.17) is 9.47 Å². The Balaban J connectivity index is 0.00000408. The fraction of sp³-hybridized carbons (Fsp3) is 0.333. The topological polar surface area (TPSA) is 93.7 Å². The summed E-state index contributed by atoms with van der Waals surface area (Å²) in [5, 5.41) is 3.44. The molecule has 186 valence electrons. The first kappa shape index (κ1) is 27.3. The van der Waals surface area contributed by atoms with Crippen LogP contribution < -0.4 is 19.7 Å². The lowest BCUT2D eigenvalue weighted by atomic mass is 10.2. The zero-order valence-electron chi connectivity index (χ0n) is 18.8. The second kappa shape index (κ2) is 10.5. The van der Waals surface area contributed by atoms with Crippen molar-refractivity contribution in [3.8, 4) is 11.5 Å². The molecule has 0 unspecified atom stereocenters. The van der Waals surface area contributed by atoms with Crippen LogP contribution in [0.5, 0.6) is 11.5 Å². The van der Waals surface area contributed by atoms with Crippen LogP contribution in [0.1, 0.15) is 6.92 Å². The minimum atomic E-state index is -4.46. The minimum absolute atomic E-state index is 0. The van der Waals surface area contributed by atoms with Crippen LogP contribution in [0.15, 0.2) is 41.6 Å². The summed E-state index contributed by atoms with van der Waals surface area (Å²) in [6, 6.07) is 7.19. The van der Waals surface area contributed by atoms with E-state index in [9.17, 15) is 21.6 Å². The van der Waals surface area contributed by atoms with Gasteiger partial charge in [-0.1, -0.05) is 6.92 Å². The molecule has 0 fully saturated rings. The van der Waals surface area contributed by atoms with Gasteiger partial charge in [0.25, 0.3) is 0 Å². The molecular weight excluding hydrogens is 497 g/mol. The maximum absolute atomic E-state index is 13.0. The molecule has 0 bridgehead atoms. The van der Waals surface area contributed by atoms with Crippen molar-refractivity contribution >= 4 is 50.3 Å². The van der Waals surface area contributed by atoms with Crippen LogP contribution in [0.3, 0.4) is 0 Å². The summed E-state index contributed by atoms with van der Waals surface area (Å²) in [4.78, 5) is 9.39. The van der Waals surface area contributed by atoms with Crippen LogP contribution in [0.2, 0.25) is 0 Å². The smallest absolute Gasteiger partial charge is 0.405 e. The van der Waals surface area contributed by atoms with Crippen LogP contribution in [0.25, 0.3) is 10.9 Å². The zero-order valence-corrected chi connectivity index (χ0v) is 20.4. The number of ether oxygens (including phenoxy) is 2. The lowest BCUT2D eigenvalue weighted by Gasteiger charge is -2.25. The molecule has 1 heterocycles. The molecule has 0 atom stereocenters. The number of hydrogen-bond donors (Lipinski definition) is 1. The molecule has 2 aromatic carbocycles. The Hall–Kier alpha value is -2.99. The monoisotopic (exact) mass is 520 g/mol. The molecule has 0 amide bonds. The van der Waals surface area contributed by atoms with Crippen LogP contribution in [-0.4, -0.2) is 58.1 Å². The Kier molecular flexibility index (Phi) is 8.43. The molecule has 34 heavy (non-hydrogen) atoms. The predicted molar refractivity (Wildman–Crippen MR) is 127 cm³/mol. The van der Waals surface area contributed by atoms with Gasteiger partial charge in [-0.3, -0.25) is 0 Å². The highest BCUT2D eigenvalue weighted by Gasteiger charge is 2.30. The number of alkyl halides is 3. The number of nitrogens with one attached hydrogen (secondary N) is 1. The third-order valence-electron chi connectivity index (χ3n) is 4.92. The van der Waals surface area contributed by atoms with E-state index in [1.54, 1.807) is 12.1 Å². The summed E-state index contributed by atoms with van der Waals surface area (Å²) >= 11 is 0. The van der Waals surface area contributed by atoms with Crippen LogP contribution in [0.4, 0.5) is 30.4 Å². The summed E-state index contributed by atoms with van der Waals surface area (Å²) in [5.41, 5.74) is 0.738. The summed E-state index contributed by atoms with van der Waals surface area (Å²) < 4.78 is 74.6. The standard InChI is InChI=1S/C21H23F3N4O4S.ClH/c1-5-33(29,30)14-6-7-17(28(2)11-21(22,23)24)15(10-14)27-20-19-16(25-12-26-20)8-13(31-3)9-18(19)32-4;/h6-10,12H,5,11H2,1-4H3,(H,25,26,27);1H. The first-order valence-corrected chi connectivity index (χ1v) is 11.4. The largest absolute Gasteiger partial charge is 0.497 e. The van der Waals surface area contributed by atoms with Gasteiger partial charge in [-0.15, -0.1) is 12.4 Å². The van der Waals surface area contributed by atoms with Crippen molar-refractivity contribution in [3.05, 3.63) is 36.7 Å². The molecule has 0 saturated heterocycles. The summed E-state index contributed by atoms with van der Waals surface area (Å²) in [7, 11) is 0.596. The van der Waals surface area contributed by atoms with Crippen molar-refractivity contribution in [2.45, 2.75) is 18.0 Å². The summed E-state index contributed by atoms with van der Waals surface area (Å²) in [5.74, 6) is 0.932. The average molecular weight is 521 g/mol. The maximum atomic E-state index is 13.0. The highest BCUT2D eigenvalue weighted by molar-refractivity contribution is 7.91. The molecule has 0 spiro atoms. The van der Waals surface area contributed by atoms with Crippen molar-refractivity contribution in [2.24, 2.45) is 0 Å². The highest BCUT2D eigenvalue weighted by atomic mass is 35.5.